The van der Waals surface area contributed by atoms with Crippen LogP contribution in [0.4, 0.5) is 17.6 Å². The molecule has 1 heterocycles. The summed E-state index contributed by atoms with van der Waals surface area (Å²) in [6.07, 6.45) is -2.58. The number of aryl methyl sites for hydroxylation is 1. The van der Waals surface area contributed by atoms with Crippen molar-refractivity contribution in [2.75, 3.05) is 33.2 Å². The molecule has 2 N–H and O–H groups in total. The molecule has 1 saturated heterocycles. The number of benzene rings is 3. The standard InChI is InChI=1S/C32H36F4N4O3S/c1-39-14-16-40(17-15-39)21-22-8-13-28-24(18-22)4-2-7-29(28)37-31(41)20-30(23-9-11-26(33)12-10-23)38-44(42,43)27-6-3-5-25(19-27)32(34,35)36/h3,5-6,8-13,18-19,29-30,38H,2,4,7,14-17,20-21H2,1H3,(H,37,41). The number of amides is 1. The van der Waals surface area contributed by atoms with Crippen molar-refractivity contribution in [1.82, 2.24) is 19.8 Å². The van der Waals surface area contributed by atoms with E-state index in [1.54, 1.807) is 0 Å². The molecule has 0 saturated carbocycles. The van der Waals surface area contributed by atoms with Gasteiger partial charge in [0.15, 0.2) is 0 Å². The van der Waals surface area contributed by atoms with E-state index >= 15 is 0 Å². The van der Waals surface area contributed by atoms with Gasteiger partial charge in [-0.05, 0) is 78.9 Å². The Morgan fingerprint density at radius 1 is 1.00 bits per heavy atom. The SMILES string of the molecule is CN1CCN(Cc2ccc3c(c2)CCCC3NC(=O)CC(NS(=O)(=O)c2cccc(C(F)(F)F)c2)c2ccc(F)cc2)CC1. The summed E-state index contributed by atoms with van der Waals surface area (Å²) >= 11 is 0. The smallest absolute Gasteiger partial charge is 0.349 e. The summed E-state index contributed by atoms with van der Waals surface area (Å²) in [4.78, 5) is 17.5. The van der Waals surface area contributed by atoms with Crippen molar-refractivity contribution in [3.63, 3.8) is 0 Å². The first kappa shape index (κ1) is 32.1. The van der Waals surface area contributed by atoms with Gasteiger partial charge < -0.3 is 10.2 Å². The molecule has 0 radical (unpaired) electrons. The number of likely N-dealkylation sites (N-methyl/N-ethyl adjacent to an activating group) is 1. The molecule has 0 bridgehead atoms. The number of hydrogen-bond donors (Lipinski definition) is 2. The van der Waals surface area contributed by atoms with E-state index in [1.807, 2.05) is 0 Å². The molecule has 2 unspecified atom stereocenters. The van der Waals surface area contributed by atoms with Crippen LogP contribution in [0, 0.1) is 5.82 Å². The molecule has 0 aromatic heterocycles. The van der Waals surface area contributed by atoms with Gasteiger partial charge in [0.05, 0.1) is 22.5 Å². The van der Waals surface area contributed by atoms with Crippen LogP contribution >= 0.6 is 0 Å². The van der Waals surface area contributed by atoms with E-state index in [2.05, 4.69) is 45.1 Å². The molecule has 1 aliphatic heterocycles. The first-order valence-electron chi connectivity index (χ1n) is 14.6. The number of nitrogens with one attached hydrogen (secondary N) is 2. The highest BCUT2D eigenvalue weighted by atomic mass is 32.2. The molecule has 44 heavy (non-hydrogen) atoms. The third-order valence-electron chi connectivity index (χ3n) is 8.29. The van der Waals surface area contributed by atoms with Gasteiger partial charge in [0.2, 0.25) is 15.9 Å². The highest BCUT2D eigenvalue weighted by Gasteiger charge is 2.33. The number of alkyl halides is 3. The van der Waals surface area contributed by atoms with Crippen LogP contribution in [0.25, 0.3) is 0 Å². The number of carbonyl (C=O) groups excluding carboxylic acids is 1. The molecule has 1 aliphatic carbocycles. The number of piperazine rings is 1. The second kappa shape index (κ2) is 13.4. The van der Waals surface area contributed by atoms with Gasteiger partial charge in [-0.25, -0.2) is 17.5 Å². The van der Waals surface area contributed by atoms with Gasteiger partial charge in [0.1, 0.15) is 5.82 Å². The zero-order valence-electron chi connectivity index (χ0n) is 24.4. The van der Waals surface area contributed by atoms with E-state index in [4.69, 9.17) is 0 Å². The summed E-state index contributed by atoms with van der Waals surface area (Å²) in [5.74, 6) is -0.992. The summed E-state index contributed by atoms with van der Waals surface area (Å²) in [5.41, 5.74) is 2.61. The highest BCUT2D eigenvalue weighted by molar-refractivity contribution is 7.89. The maximum atomic E-state index is 13.7. The second-order valence-corrected chi connectivity index (χ2v) is 13.3. The van der Waals surface area contributed by atoms with Gasteiger partial charge in [0.25, 0.3) is 0 Å². The van der Waals surface area contributed by atoms with Crippen LogP contribution in [0.5, 0.6) is 0 Å². The van der Waals surface area contributed by atoms with Gasteiger partial charge >= 0.3 is 6.18 Å². The van der Waals surface area contributed by atoms with E-state index in [0.29, 0.717) is 18.1 Å². The minimum Gasteiger partial charge on any atom is -0.349 e. The molecule has 3 aromatic carbocycles. The Labute approximate surface area is 255 Å². The first-order chi connectivity index (χ1) is 20.9. The van der Waals surface area contributed by atoms with Crippen molar-refractivity contribution >= 4 is 15.9 Å². The topological polar surface area (TPSA) is 81.8 Å². The molecule has 1 fully saturated rings. The number of carbonyl (C=O) groups is 1. The molecular formula is C32H36F4N4O3S. The molecule has 2 aliphatic rings. The van der Waals surface area contributed by atoms with Gasteiger partial charge in [-0.3, -0.25) is 9.69 Å². The van der Waals surface area contributed by atoms with Gasteiger partial charge in [-0.1, -0.05) is 36.4 Å². The third-order valence-corrected chi connectivity index (χ3v) is 9.76. The van der Waals surface area contributed by atoms with E-state index in [9.17, 15) is 30.8 Å². The molecule has 5 rings (SSSR count). The van der Waals surface area contributed by atoms with Gasteiger partial charge in [-0.15, -0.1) is 0 Å². The lowest BCUT2D eigenvalue weighted by atomic mass is 9.86. The number of fused-ring (bicyclic) bond motifs is 1. The normalized spacial score (nSPS) is 18.9. The van der Waals surface area contributed by atoms with Crippen molar-refractivity contribution < 1.29 is 30.8 Å². The fourth-order valence-electron chi connectivity index (χ4n) is 5.84. The largest absolute Gasteiger partial charge is 0.416 e. The number of nitrogens with zero attached hydrogens (tertiary/aromatic N) is 2. The van der Waals surface area contributed by atoms with Crippen LogP contribution in [-0.2, 0) is 34.0 Å². The lowest BCUT2D eigenvalue weighted by Crippen LogP contribution is -2.43. The lowest BCUT2D eigenvalue weighted by molar-refractivity contribution is -0.137. The van der Waals surface area contributed by atoms with E-state index < -0.39 is 44.4 Å². The van der Waals surface area contributed by atoms with Gasteiger partial charge in [0, 0.05) is 39.1 Å². The van der Waals surface area contributed by atoms with Crippen molar-refractivity contribution in [2.45, 2.75) is 55.4 Å². The maximum absolute atomic E-state index is 13.7. The summed E-state index contributed by atoms with van der Waals surface area (Å²) in [7, 11) is -2.36. The number of hydrogen-bond acceptors (Lipinski definition) is 5. The zero-order chi connectivity index (χ0) is 31.5. The predicted octanol–water partition coefficient (Wildman–Crippen LogP) is 5.20. The Balaban J connectivity index is 1.31. The first-order valence-corrected chi connectivity index (χ1v) is 16.1. The summed E-state index contributed by atoms with van der Waals surface area (Å²) < 4.78 is 82.2. The monoisotopic (exact) mass is 632 g/mol. The Hall–Kier alpha value is -3.32. The maximum Gasteiger partial charge on any atom is 0.416 e. The van der Waals surface area contributed by atoms with Crippen LogP contribution < -0.4 is 10.0 Å². The Kier molecular flexibility index (Phi) is 9.74. The average molecular weight is 633 g/mol. The van der Waals surface area contributed by atoms with Crippen LogP contribution in [-0.4, -0.2) is 57.4 Å². The summed E-state index contributed by atoms with van der Waals surface area (Å²) in [6.45, 7) is 4.96. The van der Waals surface area contributed by atoms with E-state index in [0.717, 1.165) is 81.5 Å². The number of rotatable bonds is 9. The minimum atomic E-state index is -4.73. The average Bonchev–Trinajstić information content (AvgIpc) is 2.98. The third kappa shape index (κ3) is 8.03. The summed E-state index contributed by atoms with van der Waals surface area (Å²) in [6, 6.07) is 13.3. The molecule has 12 heteroatoms. The van der Waals surface area contributed by atoms with E-state index in [1.165, 1.54) is 23.3 Å². The molecule has 3 aromatic rings. The number of sulfonamides is 1. The quantitative estimate of drug-likeness (QED) is 0.318. The van der Waals surface area contributed by atoms with Crippen molar-refractivity contribution in [3.8, 4) is 0 Å². The molecule has 7 nitrogen and oxygen atoms in total. The molecule has 2 atom stereocenters. The Morgan fingerprint density at radius 2 is 1.73 bits per heavy atom. The zero-order valence-corrected chi connectivity index (χ0v) is 25.2. The van der Waals surface area contributed by atoms with Crippen LogP contribution in [0.15, 0.2) is 71.6 Å². The molecule has 236 valence electrons. The van der Waals surface area contributed by atoms with Crippen LogP contribution in [0.2, 0.25) is 0 Å². The van der Waals surface area contributed by atoms with Crippen LogP contribution in [0.3, 0.4) is 0 Å². The molecule has 0 spiro atoms. The number of halogens is 4. The predicted molar refractivity (Wildman–Crippen MR) is 159 cm³/mol. The van der Waals surface area contributed by atoms with Crippen molar-refractivity contribution in [3.05, 3.63) is 100 Å². The Bertz CT molecular complexity index is 1570. The fraction of sp³-hybridized carbons (Fsp3) is 0.406. The second-order valence-electron chi connectivity index (χ2n) is 11.6. The van der Waals surface area contributed by atoms with E-state index in [-0.39, 0.29) is 12.5 Å². The minimum absolute atomic E-state index is 0.266. The summed E-state index contributed by atoms with van der Waals surface area (Å²) in [5, 5.41) is 3.03. The molecule has 1 amide bonds. The van der Waals surface area contributed by atoms with Gasteiger partial charge in [-0.2, -0.15) is 13.2 Å². The van der Waals surface area contributed by atoms with Crippen molar-refractivity contribution in [2.24, 2.45) is 0 Å². The highest BCUT2D eigenvalue weighted by Crippen LogP contribution is 2.33. The van der Waals surface area contributed by atoms with Crippen molar-refractivity contribution in [1.29, 1.82) is 0 Å². The molecular weight excluding hydrogens is 596 g/mol. The fourth-order valence-corrected chi connectivity index (χ4v) is 7.11. The Morgan fingerprint density at radius 3 is 2.43 bits per heavy atom. The van der Waals surface area contributed by atoms with Crippen LogP contribution in [0.1, 0.15) is 59.2 Å². The lowest BCUT2D eigenvalue weighted by Gasteiger charge is -2.33.